The topological polar surface area (TPSA) is 572 Å². The van der Waals surface area contributed by atoms with Gasteiger partial charge in [0.15, 0.2) is 26.5 Å². The van der Waals surface area contributed by atoms with Crippen LogP contribution >= 0.6 is 10.7 Å². The maximum Gasteiger partial charge on any atom is 0.271 e. The number of hydrogen-bond acceptors (Lipinski definition) is 41. The summed E-state index contributed by atoms with van der Waals surface area (Å²) in [4.78, 5) is 10.7. The summed E-state index contributed by atoms with van der Waals surface area (Å²) >= 11 is 0. The first kappa shape index (κ1) is 111. The van der Waals surface area contributed by atoms with E-state index in [1.54, 1.807) is 6.92 Å². The molecule has 123 heavy (non-hydrogen) atoms. The number of sulfone groups is 2. The zero-order chi connectivity index (χ0) is 90.6. The SMILES string of the molecule is CC1NS(=O)(=O)CCO1.NS(=O)(=O)CCOCc1ccccc1.O=S(=O)(Cl)CCOCc1ccccc1.O=S1(=O)CCN(CN2CCCOC2)CC1.O=S1(=O)CCN(CN2CCCOC2)CO1.O=S1(=O)CCNCO1.O=S1(=O)CCOCC1.O=S1(=O)CCOCN1CN1CCCCC1.O=S1(=O)CCOCN1CN1COCCS1(=O)=O.O=S1(=O)CCOCO1. The number of nitrogens with one attached hydrogen (secondary N) is 2. The molecule has 12 aliphatic rings. The molecule has 0 aromatic heterocycles. The van der Waals surface area contributed by atoms with Gasteiger partial charge < -0.3 is 47.4 Å². The molecule has 4 N–H and O–H groups in total. The average Bonchev–Trinajstić information content (AvgIpc) is 0.801. The third-order valence-corrected chi connectivity index (χ3v) is 32.8. The highest BCUT2D eigenvalue weighted by molar-refractivity contribution is 8.13. The Morgan fingerprint density at radius 1 is 0.407 bits per heavy atom. The van der Waals surface area contributed by atoms with Crippen LogP contribution in [-0.2, 0) is 182 Å². The molecule has 0 saturated carbocycles. The molecule has 12 fully saturated rings. The lowest BCUT2D eigenvalue weighted by atomic mass is 10.1. The Bertz CT molecular complexity index is 4360. The summed E-state index contributed by atoms with van der Waals surface area (Å²) < 4.78 is 310. The van der Waals surface area contributed by atoms with Gasteiger partial charge in [-0.05, 0) is 56.8 Å². The lowest BCUT2D eigenvalue weighted by molar-refractivity contribution is -0.0507. The minimum atomic E-state index is -3.43. The number of halogens is 1. The fourth-order valence-electron chi connectivity index (χ4n) is 11.1. The highest BCUT2D eigenvalue weighted by Gasteiger charge is 2.35. The molecule has 0 spiro atoms. The summed E-state index contributed by atoms with van der Waals surface area (Å²) in [6, 6.07) is 19.1. The number of ether oxygens (including phenoxy) is 10. The number of nitrogens with two attached hydrogens (primary N) is 1. The van der Waals surface area contributed by atoms with Crippen molar-refractivity contribution in [2.45, 2.75) is 58.5 Å². The summed E-state index contributed by atoms with van der Waals surface area (Å²) in [5, 5.41) is 7.55. The number of hydrogen-bond donors (Lipinski definition) is 3. The molecule has 718 valence electrons. The number of benzene rings is 2. The van der Waals surface area contributed by atoms with Crippen LogP contribution in [0.25, 0.3) is 0 Å². The third-order valence-electron chi connectivity index (χ3n) is 17.9. The molecule has 0 bridgehead atoms. The Labute approximate surface area is 730 Å². The molecule has 0 aliphatic carbocycles. The fourth-order valence-corrected chi connectivity index (χ4v) is 21.0. The number of likely N-dealkylation sites (tertiary alicyclic amines) is 1. The van der Waals surface area contributed by atoms with E-state index in [0.29, 0.717) is 97.5 Å². The van der Waals surface area contributed by atoms with Crippen LogP contribution in [0.3, 0.4) is 0 Å². The number of piperidine rings is 1. The zero-order valence-corrected chi connectivity index (χ0v) is 78.5. The van der Waals surface area contributed by atoms with Crippen LogP contribution in [0.1, 0.15) is 50.2 Å². The van der Waals surface area contributed by atoms with E-state index in [0.717, 1.165) is 85.3 Å². The quantitative estimate of drug-likeness (QED) is 0.0728. The van der Waals surface area contributed by atoms with E-state index < -0.39 is 109 Å². The lowest BCUT2D eigenvalue weighted by Crippen LogP contribution is -2.51. The summed E-state index contributed by atoms with van der Waals surface area (Å²) in [5.41, 5.74) is 2.03. The van der Waals surface area contributed by atoms with Gasteiger partial charge in [-0.3, -0.25) is 38.2 Å². The first-order valence-electron chi connectivity index (χ1n) is 38.9. The number of primary sulfonamides is 1. The van der Waals surface area contributed by atoms with E-state index in [9.17, 15) is 92.6 Å². The Morgan fingerprint density at radius 2 is 0.829 bits per heavy atom. The molecule has 2 aromatic rings. The molecule has 1 atom stereocenters. The standard InChI is InChI=1S/C9H11ClO3S.2C9H18N2O3S.C9H13NO3S.C8H16N2O4S.C7H14N2O6S2.C4H9NO3S.C4H8O3S.C3H7NO3S.C3H6O4S/c10-14(11,12)7-6-13-8-9-4-2-1-3-5-9;12-15(13)6-3-10(4-7-15)8-11-2-1-5-14-9-11;12-15(13)7-6-14-9-11(15)8-10-4-2-1-3-5-10;10-14(11,12)7-6-13-8-9-4-2-1-3-5-9;11-15(12)5-3-10(8-14-15)6-9-2-1-4-13-7-9;10-16(11)3-1-14-6-8(16)5-9-7-15-2-4-17(9,12)13;1-4-5-9(6,7)3-2-8-4;5-8(6)3-1-7-2-4-8;5-8(6)2-1-4-3-7-8;4-8(5)2-1-6-3-7-8/h1-5H,6-8H2;2*1-9H2;1-5H,6-8H2,(H2,10,11,12);1-8H2;1-7H2;4-5H,2-3H2,1H3;1-4H2;4H,1-3H2;1-3H2. The molecule has 58 heteroatoms. The van der Waals surface area contributed by atoms with Crippen molar-refractivity contribution >= 4 is 120 Å². The van der Waals surface area contributed by atoms with Crippen LogP contribution in [-0.4, -0.2) is 417 Å². The Hall–Kier alpha value is -2.78. The van der Waals surface area contributed by atoms with Crippen molar-refractivity contribution < 1.29 is 153 Å². The molecule has 12 heterocycles. The van der Waals surface area contributed by atoms with E-state index in [4.69, 9.17) is 62.6 Å². The molecule has 46 nitrogen and oxygen atoms in total. The van der Waals surface area contributed by atoms with Crippen molar-refractivity contribution in [2.75, 3.05) is 280 Å². The van der Waals surface area contributed by atoms with Crippen molar-refractivity contribution in [2.24, 2.45) is 5.14 Å². The van der Waals surface area contributed by atoms with Gasteiger partial charge in [-0.1, -0.05) is 67.1 Å². The van der Waals surface area contributed by atoms with Crippen molar-refractivity contribution in [3.05, 3.63) is 71.8 Å². The van der Waals surface area contributed by atoms with E-state index in [2.05, 4.69) is 42.7 Å². The molecule has 1 unspecified atom stereocenters. The number of nitrogens with zero attached hydrogens (tertiary/aromatic N) is 8. The minimum absolute atomic E-state index is 0.0208. The van der Waals surface area contributed by atoms with Crippen LogP contribution in [0.15, 0.2) is 60.7 Å². The zero-order valence-electron chi connectivity index (χ0n) is 68.7. The summed E-state index contributed by atoms with van der Waals surface area (Å²) in [6.45, 7) is 16.1. The maximum absolute atomic E-state index is 11.7. The van der Waals surface area contributed by atoms with E-state index in [1.165, 1.54) is 23.6 Å². The normalized spacial score (nSPS) is 25.3. The van der Waals surface area contributed by atoms with Crippen molar-refractivity contribution in [1.29, 1.82) is 0 Å². The average molecular weight is 2000 g/mol. The van der Waals surface area contributed by atoms with E-state index >= 15 is 0 Å². The van der Waals surface area contributed by atoms with E-state index in [1.807, 2.05) is 65.6 Å². The van der Waals surface area contributed by atoms with Crippen LogP contribution in [0.5, 0.6) is 0 Å². The van der Waals surface area contributed by atoms with E-state index in [-0.39, 0.29) is 150 Å². The Balaban J connectivity index is 0.000000245. The van der Waals surface area contributed by atoms with Gasteiger partial charge in [-0.15, -0.1) is 0 Å². The summed E-state index contributed by atoms with van der Waals surface area (Å²) in [7, 11) is -29.8. The Kier molecular flexibility index (Phi) is 50.6. The molecule has 2 aromatic carbocycles. The van der Waals surface area contributed by atoms with Crippen LogP contribution in [0, 0.1) is 0 Å². The highest BCUT2D eigenvalue weighted by Crippen LogP contribution is 2.18. The van der Waals surface area contributed by atoms with Gasteiger partial charge in [0.05, 0.1) is 188 Å². The molecule has 0 radical (unpaired) electrons. The summed E-state index contributed by atoms with van der Waals surface area (Å²) in [6.07, 6.45) is 5.37. The van der Waals surface area contributed by atoms with Gasteiger partial charge >= 0.3 is 0 Å². The predicted molar refractivity (Wildman–Crippen MR) is 450 cm³/mol. The van der Waals surface area contributed by atoms with Gasteiger partial charge in [0, 0.05) is 63.2 Å². The molecule has 14 rings (SSSR count). The van der Waals surface area contributed by atoms with Crippen molar-refractivity contribution in [3.8, 4) is 0 Å². The Morgan fingerprint density at radius 3 is 1.20 bits per heavy atom. The van der Waals surface area contributed by atoms with Gasteiger partial charge in [0.2, 0.25) is 59.2 Å². The van der Waals surface area contributed by atoms with Gasteiger partial charge in [0.1, 0.15) is 39.9 Å². The largest absolute Gasteiger partial charge is 0.379 e. The van der Waals surface area contributed by atoms with Crippen molar-refractivity contribution in [1.82, 2.24) is 47.5 Å². The number of sulfonamides is 5. The summed E-state index contributed by atoms with van der Waals surface area (Å²) in [5.74, 6) is 0.841. The van der Waals surface area contributed by atoms with Crippen molar-refractivity contribution in [3.63, 3.8) is 0 Å². The number of rotatable bonds is 18. The molecule has 12 aliphatic heterocycles. The molecular weight excluding hydrogens is 1880 g/mol. The van der Waals surface area contributed by atoms with Crippen LogP contribution in [0.4, 0.5) is 0 Å². The maximum atomic E-state index is 11.7. The highest BCUT2D eigenvalue weighted by atomic mass is 35.7. The second-order valence-electron chi connectivity index (χ2n) is 28.2. The first-order chi connectivity index (χ1) is 57.8. The smallest absolute Gasteiger partial charge is 0.271 e. The van der Waals surface area contributed by atoms with Crippen LogP contribution < -0.4 is 15.2 Å². The monoisotopic (exact) mass is 2000 g/mol. The second-order valence-corrected chi connectivity index (χ2v) is 50.9. The van der Waals surface area contributed by atoms with Gasteiger partial charge in [0.25, 0.3) is 30.4 Å². The van der Waals surface area contributed by atoms with Gasteiger partial charge in [-0.2, -0.15) is 42.9 Å². The van der Waals surface area contributed by atoms with Gasteiger partial charge in [-0.25, -0.2) is 76.7 Å². The second kappa shape index (κ2) is 56.2. The minimum Gasteiger partial charge on any atom is -0.379 e. The molecule has 0 amide bonds. The molecule has 12 saturated heterocycles. The van der Waals surface area contributed by atoms with Crippen LogP contribution in [0.2, 0.25) is 0 Å². The predicted octanol–water partition coefficient (Wildman–Crippen LogP) is -3.98. The first-order valence-corrected chi connectivity index (χ1v) is 57.9. The lowest BCUT2D eigenvalue weighted by Gasteiger charge is -2.34. The fraction of sp³-hybridized carbons (Fsp3) is 0.815. The molecular formula is C65H120ClN11O35S11. The third kappa shape index (κ3) is 52.2.